The van der Waals surface area contributed by atoms with E-state index in [0.717, 1.165) is 12.1 Å². The lowest BCUT2D eigenvalue weighted by atomic mass is 10.1. The van der Waals surface area contributed by atoms with E-state index in [-0.39, 0.29) is 12.0 Å². The second kappa shape index (κ2) is 7.54. The molecule has 2 heterocycles. The summed E-state index contributed by atoms with van der Waals surface area (Å²) in [6, 6.07) is 19.7. The van der Waals surface area contributed by atoms with Crippen molar-refractivity contribution in [3.63, 3.8) is 0 Å². The number of carbonyl (C=O) groups excluding carboxylic acids is 1. The van der Waals surface area contributed by atoms with Gasteiger partial charge in [-0.25, -0.2) is 4.68 Å². The van der Waals surface area contributed by atoms with Gasteiger partial charge >= 0.3 is 0 Å². The molecule has 0 unspecified atom stereocenters. The van der Waals surface area contributed by atoms with Crippen LogP contribution in [0, 0.1) is 0 Å². The molecule has 1 aliphatic heterocycles. The average molecular weight is 347 g/mol. The van der Waals surface area contributed by atoms with E-state index in [1.807, 2.05) is 59.6 Å². The van der Waals surface area contributed by atoms with Crippen LogP contribution in [0.1, 0.15) is 15.9 Å². The number of hydrogen-bond acceptors (Lipinski definition) is 3. The number of ether oxygens (including phenoxy) is 1. The molecule has 132 valence electrons. The van der Waals surface area contributed by atoms with Gasteiger partial charge in [-0.2, -0.15) is 5.10 Å². The van der Waals surface area contributed by atoms with Crippen molar-refractivity contribution in [2.75, 3.05) is 19.7 Å². The Morgan fingerprint density at radius 2 is 1.88 bits per heavy atom. The van der Waals surface area contributed by atoms with Gasteiger partial charge in [0.25, 0.3) is 5.91 Å². The normalized spacial score (nSPS) is 17.2. The molecule has 0 aliphatic carbocycles. The van der Waals surface area contributed by atoms with E-state index < -0.39 is 0 Å². The van der Waals surface area contributed by atoms with Crippen molar-refractivity contribution in [2.45, 2.75) is 12.5 Å². The van der Waals surface area contributed by atoms with Gasteiger partial charge in [-0.15, -0.1) is 0 Å². The van der Waals surface area contributed by atoms with E-state index in [4.69, 9.17) is 4.74 Å². The number of hydrogen-bond donors (Lipinski definition) is 0. The van der Waals surface area contributed by atoms with Crippen LogP contribution in [0.3, 0.4) is 0 Å². The van der Waals surface area contributed by atoms with Crippen LogP contribution in [0.2, 0.25) is 0 Å². The summed E-state index contributed by atoms with van der Waals surface area (Å²) in [5.41, 5.74) is 2.87. The van der Waals surface area contributed by atoms with E-state index in [1.54, 1.807) is 10.9 Å². The van der Waals surface area contributed by atoms with Crippen LogP contribution in [0.5, 0.6) is 0 Å². The highest BCUT2D eigenvalue weighted by Gasteiger charge is 2.25. The van der Waals surface area contributed by atoms with Crippen LogP contribution in [0.4, 0.5) is 0 Å². The highest BCUT2D eigenvalue weighted by atomic mass is 16.5. The summed E-state index contributed by atoms with van der Waals surface area (Å²) in [6.45, 7) is 1.83. The van der Waals surface area contributed by atoms with Gasteiger partial charge in [0, 0.05) is 37.5 Å². The number of nitrogens with zero attached hydrogens (tertiary/aromatic N) is 3. The molecule has 1 fully saturated rings. The summed E-state index contributed by atoms with van der Waals surface area (Å²) < 4.78 is 7.64. The summed E-state index contributed by atoms with van der Waals surface area (Å²) in [5, 5.41) is 4.21. The highest BCUT2D eigenvalue weighted by molar-refractivity contribution is 5.94. The van der Waals surface area contributed by atoms with Crippen molar-refractivity contribution in [2.24, 2.45) is 0 Å². The van der Waals surface area contributed by atoms with Crippen LogP contribution >= 0.6 is 0 Å². The first kappa shape index (κ1) is 16.5. The maximum atomic E-state index is 12.8. The minimum Gasteiger partial charge on any atom is -0.374 e. The molecule has 0 N–H and O–H groups in total. The van der Waals surface area contributed by atoms with Crippen LogP contribution < -0.4 is 0 Å². The summed E-state index contributed by atoms with van der Waals surface area (Å²) in [6.07, 6.45) is 4.48. The second-order valence-electron chi connectivity index (χ2n) is 6.43. The molecule has 0 spiro atoms. The minimum atomic E-state index is 0.0402. The number of aromatic nitrogens is 2. The Labute approximate surface area is 152 Å². The smallest absolute Gasteiger partial charge is 0.254 e. The fourth-order valence-electron chi connectivity index (χ4n) is 3.27. The van der Waals surface area contributed by atoms with E-state index in [1.165, 1.54) is 5.56 Å². The first-order chi connectivity index (χ1) is 12.8. The maximum Gasteiger partial charge on any atom is 0.254 e. The molecule has 4 rings (SSSR count). The molecular weight excluding hydrogens is 326 g/mol. The zero-order valence-corrected chi connectivity index (χ0v) is 14.5. The Morgan fingerprint density at radius 1 is 1.08 bits per heavy atom. The molecule has 1 amide bonds. The molecule has 1 aromatic heterocycles. The zero-order chi connectivity index (χ0) is 17.8. The van der Waals surface area contributed by atoms with Gasteiger partial charge in [0.2, 0.25) is 0 Å². The Bertz CT molecular complexity index is 845. The Kier molecular flexibility index (Phi) is 4.80. The molecular formula is C21H21N3O2. The standard InChI is InChI=1S/C21H21N3O2/c25-21(18-7-9-19(10-8-18)24-12-4-11-22-24)23-13-14-26-20(16-23)15-17-5-2-1-3-6-17/h1-12,20H,13-16H2/t20-/m1/s1. The fourth-order valence-corrected chi connectivity index (χ4v) is 3.27. The maximum absolute atomic E-state index is 12.8. The van der Waals surface area contributed by atoms with Gasteiger partial charge in [-0.1, -0.05) is 30.3 Å². The molecule has 0 saturated carbocycles. The average Bonchev–Trinajstić information content (AvgIpc) is 3.23. The van der Waals surface area contributed by atoms with E-state index >= 15 is 0 Å². The molecule has 2 aromatic carbocycles. The highest BCUT2D eigenvalue weighted by Crippen LogP contribution is 2.16. The summed E-state index contributed by atoms with van der Waals surface area (Å²) in [7, 11) is 0. The quantitative estimate of drug-likeness (QED) is 0.729. The fraction of sp³-hybridized carbons (Fsp3) is 0.238. The van der Waals surface area contributed by atoms with E-state index in [2.05, 4.69) is 17.2 Å². The summed E-state index contributed by atoms with van der Waals surface area (Å²) in [5.74, 6) is 0.0541. The SMILES string of the molecule is O=C(c1ccc(-n2cccn2)cc1)N1CCO[C@H](Cc2ccccc2)C1. The summed E-state index contributed by atoms with van der Waals surface area (Å²) >= 11 is 0. The zero-order valence-electron chi connectivity index (χ0n) is 14.5. The predicted octanol–water partition coefficient (Wildman–Crippen LogP) is 2.96. The molecule has 1 saturated heterocycles. The lowest BCUT2D eigenvalue weighted by Crippen LogP contribution is -2.46. The van der Waals surface area contributed by atoms with Crippen molar-refractivity contribution >= 4 is 5.91 Å². The number of carbonyl (C=O) groups is 1. The Hall–Kier alpha value is -2.92. The first-order valence-electron chi connectivity index (χ1n) is 8.84. The number of amides is 1. The third-order valence-electron chi connectivity index (χ3n) is 4.62. The van der Waals surface area contributed by atoms with E-state index in [9.17, 15) is 4.79 Å². The molecule has 1 aliphatic rings. The molecule has 5 nitrogen and oxygen atoms in total. The second-order valence-corrected chi connectivity index (χ2v) is 6.43. The number of benzene rings is 2. The van der Waals surface area contributed by atoms with Gasteiger partial charge in [-0.3, -0.25) is 4.79 Å². The topological polar surface area (TPSA) is 47.4 Å². The van der Waals surface area contributed by atoms with Crippen molar-refractivity contribution in [1.29, 1.82) is 0 Å². The van der Waals surface area contributed by atoms with Gasteiger partial charge < -0.3 is 9.64 Å². The molecule has 0 radical (unpaired) electrons. The van der Waals surface area contributed by atoms with Gasteiger partial charge in [-0.05, 0) is 35.9 Å². The van der Waals surface area contributed by atoms with Gasteiger partial charge in [0.1, 0.15) is 0 Å². The van der Waals surface area contributed by atoms with Crippen molar-refractivity contribution in [3.05, 3.63) is 84.2 Å². The third-order valence-corrected chi connectivity index (χ3v) is 4.62. The monoisotopic (exact) mass is 347 g/mol. The van der Waals surface area contributed by atoms with Crippen molar-refractivity contribution in [3.8, 4) is 5.69 Å². The van der Waals surface area contributed by atoms with Crippen molar-refractivity contribution < 1.29 is 9.53 Å². The summed E-state index contributed by atoms with van der Waals surface area (Å²) in [4.78, 5) is 14.7. The molecule has 0 bridgehead atoms. The van der Waals surface area contributed by atoms with Crippen LogP contribution in [0.25, 0.3) is 5.69 Å². The first-order valence-corrected chi connectivity index (χ1v) is 8.84. The lowest BCUT2D eigenvalue weighted by molar-refractivity contribution is -0.0208. The van der Waals surface area contributed by atoms with Crippen LogP contribution in [0.15, 0.2) is 73.1 Å². The largest absolute Gasteiger partial charge is 0.374 e. The number of rotatable bonds is 4. The molecule has 3 aromatic rings. The molecule has 5 heteroatoms. The predicted molar refractivity (Wildman–Crippen MR) is 99.4 cm³/mol. The molecule has 1 atom stereocenters. The minimum absolute atomic E-state index is 0.0402. The van der Waals surface area contributed by atoms with Crippen molar-refractivity contribution in [1.82, 2.24) is 14.7 Å². The van der Waals surface area contributed by atoms with E-state index in [0.29, 0.717) is 25.3 Å². The lowest BCUT2D eigenvalue weighted by Gasteiger charge is -2.33. The Morgan fingerprint density at radius 3 is 2.62 bits per heavy atom. The Balaban J connectivity index is 1.42. The van der Waals surface area contributed by atoms with Crippen LogP contribution in [-0.4, -0.2) is 46.4 Å². The van der Waals surface area contributed by atoms with Gasteiger partial charge in [0.15, 0.2) is 0 Å². The van der Waals surface area contributed by atoms with Gasteiger partial charge in [0.05, 0.1) is 18.4 Å². The third kappa shape index (κ3) is 3.68. The number of morpholine rings is 1. The van der Waals surface area contributed by atoms with Crippen LogP contribution in [-0.2, 0) is 11.2 Å². The molecule has 26 heavy (non-hydrogen) atoms.